The fraction of sp³-hybridized carbons (Fsp3) is 1.00. The first kappa shape index (κ1) is 9.44. The van der Waals surface area contributed by atoms with Crippen molar-refractivity contribution < 1.29 is 9.47 Å². The minimum Gasteiger partial charge on any atom is -0.355 e. The Morgan fingerprint density at radius 2 is 2.38 bits per heavy atom. The van der Waals surface area contributed by atoms with Gasteiger partial charge in [-0.3, -0.25) is 0 Å². The average Bonchev–Trinajstić information content (AvgIpc) is 2.95. The van der Waals surface area contributed by atoms with Crippen molar-refractivity contribution in [1.29, 1.82) is 0 Å². The predicted octanol–water partition coefficient (Wildman–Crippen LogP) is 1.14. The maximum absolute atomic E-state index is 5.44. The zero-order valence-corrected chi connectivity index (χ0v) is 8.29. The molecule has 1 aliphatic carbocycles. The van der Waals surface area contributed by atoms with Crippen molar-refractivity contribution in [3.05, 3.63) is 0 Å². The molecule has 0 aromatic heterocycles. The lowest BCUT2D eigenvalue weighted by Gasteiger charge is -2.23. The van der Waals surface area contributed by atoms with Gasteiger partial charge in [-0.05, 0) is 18.8 Å². The van der Waals surface area contributed by atoms with Crippen LogP contribution in [0.25, 0.3) is 0 Å². The highest BCUT2D eigenvalue weighted by Crippen LogP contribution is 2.33. The van der Waals surface area contributed by atoms with E-state index in [0.717, 1.165) is 31.5 Å². The SMILES string of the molecule is CCC1CC1NCC1CCOCO1. The van der Waals surface area contributed by atoms with Crippen molar-refractivity contribution in [2.24, 2.45) is 5.92 Å². The summed E-state index contributed by atoms with van der Waals surface area (Å²) < 4.78 is 10.6. The molecule has 3 heteroatoms. The summed E-state index contributed by atoms with van der Waals surface area (Å²) in [5.41, 5.74) is 0. The molecule has 0 radical (unpaired) electrons. The van der Waals surface area contributed by atoms with E-state index in [0.29, 0.717) is 12.9 Å². The molecule has 3 nitrogen and oxygen atoms in total. The molecule has 76 valence electrons. The fourth-order valence-electron chi connectivity index (χ4n) is 1.89. The normalized spacial score (nSPS) is 39.0. The molecule has 2 rings (SSSR count). The van der Waals surface area contributed by atoms with Crippen LogP contribution in [0, 0.1) is 5.92 Å². The van der Waals surface area contributed by atoms with Gasteiger partial charge in [0.2, 0.25) is 0 Å². The summed E-state index contributed by atoms with van der Waals surface area (Å²) >= 11 is 0. The second-order valence-electron chi connectivity index (χ2n) is 4.02. The van der Waals surface area contributed by atoms with Crippen LogP contribution in [0.15, 0.2) is 0 Å². The Morgan fingerprint density at radius 1 is 1.46 bits per heavy atom. The number of nitrogens with one attached hydrogen (secondary N) is 1. The fourth-order valence-corrected chi connectivity index (χ4v) is 1.89. The van der Waals surface area contributed by atoms with Crippen molar-refractivity contribution in [3.8, 4) is 0 Å². The Balaban J connectivity index is 1.57. The Kier molecular flexibility index (Phi) is 3.19. The van der Waals surface area contributed by atoms with Gasteiger partial charge in [-0.2, -0.15) is 0 Å². The van der Waals surface area contributed by atoms with Gasteiger partial charge in [0.25, 0.3) is 0 Å². The largest absolute Gasteiger partial charge is 0.355 e. The molecule has 0 amide bonds. The zero-order chi connectivity index (χ0) is 9.10. The first-order valence-electron chi connectivity index (χ1n) is 5.33. The second-order valence-corrected chi connectivity index (χ2v) is 4.02. The highest BCUT2D eigenvalue weighted by Gasteiger charge is 2.35. The van der Waals surface area contributed by atoms with E-state index in [-0.39, 0.29) is 0 Å². The van der Waals surface area contributed by atoms with E-state index in [9.17, 15) is 0 Å². The Labute approximate surface area is 79.8 Å². The third-order valence-corrected chi connectivity index (χ3v) is 3.03. The molecule has 2 aliphatic rings. The van der Waals surface area contributed by atoms with Crippen LogP contribution in [0.3, 0.4) is 0 Å². The Hall–Kier alpha value is -0.120. The summed E-state index contributed by atoms with van der Waals surface area (Å²) in [7, 11) is 0. The van der Waals surface area contributed by atoms with Crippen molar-refractivity contribution in [3.63, 3.8) is 0 Å². The van der Waals surface area contributed by atoms with Gasteiger partial charge in [-0.1, -0.05) is 13.3 Å². The predicted molar refractivity (Wildman–Crippen MR) is 50.5 cm³/mol. The Bertz CT molecular complexity index is 157. The average molecular weight is 185 g/mol. The molecule has 1 saturated carbocycles. The van der Waals surface area contributed by atoms with E-state index in [1.807, 2.05) is 0 Å². The third kappa shape index (κ3) is 2.66. The standard InChI is InChI=1S/C10H19NO2/c1-2-8-5-10(8)11-6-9-3-4-12-7-13-9/h8-11H,2-7H2,1H3. The first-order chi connectivity index (χ1) is 6.40. The monoisotopic (exact) mass is 185 g/mol. The summed E-state index contributed by atoms with van der Waals surface area (Å²) in [6, 6.07) is 0.774. The second kappa shape index (κ2) is 4.40. The maximum atomic E-state index is 5.44. The van der Waals surface area contributed by atoms with E-state index < -0.39 is 0 Å². The summed E-state index contributed by atoms with van der Waals surface area (Å²) in [6.07, 6.45) is 4.09. The van der Waals surface area contributed by atoms with E-state index >= 15 is 0 Å². The molecule has 1 saturated heterocycles. The number of hydrogen-bond donors (Lipinski definition) is 1. The number of ether oxygens (including phenoxy) is 2. The molecule has 0 aromatic carbocycles. The molecular weight excluding hydrogens is 166 g/mol. The van der Waals surface area contributed by atoms with Gasteiger partial charge in [0.1, 0.15) is 6.79 Å². The first-order valence-corrected chi connectivity index (χ1v) is 5.33. The topological polar surface area (TPSA) is 30.5 Å². The van der Waals surface area contributed by atoms with Crippen LogP contribution >= 0.6 is 0 Å². The van der Waals surface area contributed by atoms with Crippen molar-refractivity contribution in [1.82, 2.24) is 5.32 Å². The van der Waals surface area contributed by atoms with Crippen LogP contribution in [0.5, 0.6) is 0 Å². The van der Waals surface area contributed by atoms with E-state index in [4.69, 9.17) is 9.47 Å². The van der Waals surface area contributed by atoms with Gasteiger partial charge in [-0.25, -0.2) is 0 Å². The molecule has 1 aliphatic heterocycles. The van der Waals surface area contributed by atoms with Crippen molar-refractivity contribution >= 4 is 0 Å². The molecule has 1 heterocycles. The summed E-state index contributed by atoms with van der Waals surface area (Å²) in [6.45, 7) is 4.60. The molecule has 0 spiro atoms. The van der Waals surface area contributed by atoms with Gasteiger partial charge in [0, 0.05) is 12.6 Å². The van der Waals surface area contributed by atoms with Gasteiger partial charge in [0.15, 0.2) is 0 Å². The van der Waals surface area contributed by atoms with E-state index in [1.54, 1.807) is 0 Å². The molecule has 3 unspecified atom stereocenters. The molecule has 3 atom stereocenters. The minimum atomic E-state index is 0.381. The highest BCUT2D eigenvalue weighted by atomic mass is 16.7. The quantitative estimate of drug-likeness (QED) is 0.712. The van der Waals surface area contributed by atoms with Crippen molar-refractivity contribution in [2.45, 2.75) is 38.3 Å². The highest BCUT2D eigenvalue weighted by molar-refractivity contribution is 4.92. The van der Waals surface area contributed by atoms with Crippen LogP contribution in [-0.2, 0) is 9.47 Å². The van der Waals surface area contributed by atoms with Gasteiger partial charge in [-0.15, -0.1) is 0 Å². The van der Waals surface area contributed by atoms with E-state index in [2.05, 4.69) is 12.2 Å². The molecule has 2 fully saturated rings. The Morgan fingerprint density at radius 3 is 3.00 bits per heavy atom. The van der Waals surface area contributed by atoms with Crippen LogP contribution < -0.4 is 5.32 Å². The van der Waals surface area contributed by atoms with Crippen LogP contribution in [0.1, 0.15) is 26.2 Å². The van der Waals surface area contributed by atoms with Gasteiger partial charge >= 0.3 is 0 Å². The van der Waals surface area contributed by atoms with Gasteiger partial charge < -0.3 is 14.8 Å². The minimum absolute atomic E-state index is 0.381. The van der Waals surface area contributed by atoms with Gasteiger partial charge in [0.05, 0.1) is 12.7 Å². The lowest BCUT2D eigenvalue weighted by atomic mass is 10.2. The molecular formula is C10H19NO2. The summed E-state index contributed by atoms with van der Waals surface area (Å²) in [5.74, 6) is 0.930. The van der Waals surface area contributed by atoms with Crippen LogP contribution in [0.4, 0.5) is 0 Å². The molecule has 0 bridgehead atoms. The maximum Gasteiger partial charge on any atom is 0.147 e. The zero-order valence-electron chi connectivity index (χ0n) is 8.29. The number of hydrogen-bond acceptors (Lipinski definition) is 3. The van der Waals surface area contributed by atoms with Crippen LogP contribution in [-0.4, -0.2) is 32.1 Å². The molecule has 13 heavy (non-hydrogen) atoms. The molecule has 1 N–H and O–H groups in total. The lowest BCUT2D eigenvalue weighted by molar-refractivity contribution is -0.137. The molecule has 0 aromatic rings. The lowest BCUT2D eigenvalue weighted by Crippen LogP contribution is -2.35. The number of rotatable bonds is 4. The van der Waals surface area contributed by atoms with Crippen molar-refractivity contribution in [2.75, 3.05) is 19.9 Å². The smallest absolute Gasteiger partial charge is 0.147 e. The summed E-state index contributed by atoms with van der Waals surface area (Å²) in [4.78, 5) is 0. The third-order valence-electron chi connectivity index (χ3n) is 3.03. The summed E-state index contributed by atoms with van der Waals surface area (Å²) in [5, 5.41) is 3.55. The van der Waals surface area contributed by atoms with Crippen LogP contribution in [0.2, 0.25) is 0 Å². The van der Waals surface area contributed by atoms with E-state index in [1.165, 1.54) is 12.8 Å².